The van der Waals surface area contributed by atoms with E-state index >= 15 is 0 Å². The van der Waals surface area contributed by atoms with Crippen molar-refractivity contribution in [3.8, 4) is 17.0 Å². The number of aryl methyl sites for hydroxylation is 1. The Morgan fingerprint density at radius 1 is 1.00 bits per heavy atom. The SMILES string of the molecule is Cc1cccc(-c2cc(C(=O)Nc3ccc4ccccc4c3)[nH]n2)c1O. The molecule has 0 spiro atoms. The number of phenols is 1. The topological polar surface area (TPSA) is 78.0 Å². The van der Waals surface area contributed by atoms with Crippen molar-refractivity contribution in [2.24, 2.45) is 0 Å². The van der Waals surface area contributed by atoms with Crippen LogP contribution in [0.4, 0.5) is 5.69 Å². The van der Waals surface area contributed by atoms with Crippen LogP contribution in [0.1, 0.15) is 16.1 Å². The van der Waals surface area contributed by atoms with Crippen molar-refractivity contribution >= 4 is 22.4 Å². The minimum atomic E-state index is -0.286. The number of aromatic amines is 1. The molecule has 128 valence electrons. The first-order chi connectivity index (χ1) is 12.6. The number of amides is 1. The van der Waals surface area contributed by atoms with Crippen LogP contribution < -0.4 is 5.32 Å². The van der Waals surface area contributed by atoms with E-state index in [1.165, 1.54) is 0 Å². The number of anilines is 1. The van der Waals surface area contributed by atoms with E-state index in [1.807, 2.05) is 61.5 Å². The predicted molar refractivity (Wildman–Crippen MR) is 102 cm³/mol. The molecule has 5 nitrogen and oxygen atoms in total. The number of carbonyl (C=O) groups excluding carboxylic acids is 1. The fourth-order valence-corrected chi connectivity index (χ4v) is 2.91. The molecular weight excluding hydrogens is 326 g/mol. The maximum Gasteiger partial charge on any atom is 0.273 e. The minimum absolute atomic E-state index is 0.167. The second kappa shape index (κ2) is 6.37. The first-order valence-electron chi connectivity index (χ1n) is 8.26. The van der Waals surface area contributed by atoms with Crippen LogP contribution >= 0.6 is 0 Å². The van der Waals surface area contributed by atoms with Gasteiger partial charge in [0.25, 0.3) is 5.91 Å². The van der Waals surface area contributed by atoms with Gasteiger partial charge in [-0.15, -0.1) is 0 Å². The molecule has 0 unspecified atom stereocenters. The monoisotopic (exact) mass is 343 g/mol. The van der Waals surface area contributed by atoms with Crippen LogP contribution in [0.25, 0.3) is 22.0 Å². The van der Waals surface area contributed by atoms with E-state index in [1.54, 1.807) is 12.1 Å². The zero-order valence-corrected chi connectivity index (χ0v) is 14.2. The summed E-state index contributed by atoms with van der Waals surface area (Å²) in [4.78, 5) is 12.5. The zero-order chi connectivity index (χ0) is 18.1. The van der Waals surface area contributed by atoms with Crippen molar-refractivity contribution in [2.45, 2.75) is 6.92 Å². The van der Waals surface area contributed by atoms with Crippen LogP contribution in [-0.4, -0.2) is 21.2 Å². The number of phenolic OH excluding ortho intramolecular Hbond substituents is 1. The third-order valence-corrected chi connectivity index (χ3v) is 4.34. The number of fused-ring (bicyclic) bond motifs is 1. The highest BCUT2D eigenvalue weighted by molar-refractivity contribution is 6.04. The van der Waals surface area contributed by atoms with Crippen molar-refractivity contribution in [1.29, 1.82) is 0 Å². The summed E-state index contributed by atoms with van der Waals surface area (Å²) in [6, 6.07) is 20.8. The molecule has 3 aromatic carbocycles. The average molecular weight is 343 g/mol. The molecule has 0 radical (unpaired) electrons. The van der Waals surface area contributed by atoms with Crippen molar-refractivity contribution in [1.82, 2.24) is 10.2 Å². The van der Waals surface area contributed by atoms with E-state index in [2.05, 4.69) is 15.5 Å². The zero-order valence-electron chi connectivity index (χ0n) is 14.2. The van der Waals surface area contributed by atoms with Gasteiger partial charge in [-0.25, -0.2) is 0 Å². The van der Waals surface area contributed by atoms with Crippen LogP contribution in [0.3, 0.4) is 0 Å². The maximum absolute atomic E-state index is 12.5. The van der Waals surface area contributed by atoms with Crippen molar-refractivity contribution in [2.75, 3.05) is 5.32 Å². The van der Waals surface area contributed by atoms with Gasteiger partial charge in [-0.05, 0) is 47.5 Å². The number of rotatable bonds is 3. The molecule has 1 heterocycles. The second-order valence-electron chi connectivity index (χ2n) is 6.15. The van der Waals surface area contributed by atoms with Gasteiger partial charge >= 0.3 is 0 Å². The summed E-state index contributed by atoms with van der Waals surface area (Å²) in [5.74, 6) is -0.119. The molecule has 0 aliphatic heterocycles. The number of hydrogen-bond donors (Lipinski definition) is 3. The number of aromatic nitrogens is 2. The fourth-order valence-electron chi connectivity index (χ4n) is 2.91. The third kappa shape index (κ3) is 2.91. The summed E-state index contributed by atoms with van der Waals surface area (Å²) >= 11 is 0. The van der Waals surface area contributed by atoms with Crippen LogP contribution in [0, 0.1) is 6.92 Å². The van der Waals surface area contributed by atoms with Gasteiger partial charge in [0.05, 0.1) is 5.69 Å². The Morgan fingerprint density at radius 3 is 2.65 bits per heavy atom. The number of hydrogen-bond acceptors (Lipinski definition) is 3. The predicted octanol–water partition coefficient (Wildman–Crippen LogP) is 4.50. The first kappa shape index (κ1) is 15.9. The quantitative estimate of drug-likeness (QED) is 0.513. The molecule has 0 saturated heterocycles. The number of nitrogens with one attached hydrogen (secondary N) is 2. The van der Waals surface area contributed by atoms with Gasteiger partial charge in [-0.1, -0.05) is 42.5 Å². The Hall–Kier alpha value is -3.60. The van der Waals surface area contributed by atoms with Gasteiger partial charge in [-0.3, -0.25) is 9.89 Å². The lowest BCUT2D eigenvalue weighted by atomic mass is 10.1. The van der Waals surface area contributed by atoms with Gasteiger partial charge in [0, 0.05) is 11.3 Å². The smallest absolute Gasteiger partial charge is 0.273 e. The van der Waals surface area contributed by atoms with Gasteiger partial charge in [0.2, 0.25) is 0 Å². The van der Waals surface area contributed by atoms with Gasteiger partial charge in [-0.2, -0.15) is 5.10 Å². The van der Waals surface area contributed by atoms with Gasteiger partial charge in [0.15, 0.2) is 0 Å². The largest absolute Gasteiger partial charge is 0.507 e. The minimum Gasteiger partial charge on any atom is -0.507 e. The normalized spacial score (nSPS) is 10.8. The van der Waals surface area contributed by atoms with Crippen LogP contribution in [-0.2, 0) is 0 Å². The molecule has 4 rings (SSSR count). The van der Waals surface area contributed by atoms with Crippen LogP contribution in [0.5, 0.6) is 5.75 Å². The van der Waals surface area contributed by atoms with Crippen molar-refractivity contribution < 1.29 is 9.90 Å². The summed E-state index contributed by atoms with van der Waals surface area (Å²) in [7, 11) is 0. The molecule has 0 saturated carbocycles. The molecule has 0 atom stereocenters. The van der Waals surface area contributed by atoms with Crippen LogP contribution in [0.15, 0.2) is 66.7 Å². The Balaban J connectivity index is 1.58. The van der Waals surface area contributed by atoms with Crippen LogP contribution in [0.2, 0.25) is 0 Å². The second-order valence-corrected chi connectivity index (χ2v) is 6.15. The van der Waals surface area contributed by atoms with Gasteiger partial charge < -0.3 is 10.4 Å². The highest BCUT2D eigenvalue weighted by Gasteiger charge is 2.14. The van der Waals surface area contributed by atoms with E-state index in [0.29, 0.717) is 22.6 Å². The van der Waals surface area contributed by atoms with E-state index in [4.69, 9.17) is 0 Å². The molecular formula is C21H17N3O2. The number of para-hydroxylation sites is 1. The molecule has 0 aliphatic rings. The average Bonchev–Trinajstić information content (AvgIpc) is 3.14. The lowest BCUT2D eigenvalue weighted by Gasteiger charge is -2.05. The number of carbonyl (C=O) groups is 1. The molecule has 4 aromatic rings. The van der Waals surface area contributed by atoms with E-state index in [-0.39, 0.29) is 11.7 Å². The number of nitrogens with zero attached hydrogens (tertiary/aromatic N) is 1. The number of aromatic hydroxyl groups is 1. The molecule has 0 fully saturated rings. The summed E-state index contributed by atoms with van der Waals surface area (Å²) in [6.45, 7) is 1.82. The summed E-state index contributed by atoms with van der Waals surface area (Å²) in [5.41, 5.74) is 2.91. The lowest BCUT2D eigenvalue weighted by molar-refractivity contribution is 0.102. The van der Waals surface area contributed by atoms with Crippen molar-refractivity contribution in [3.63, 3.8) is 0 Å². The first-order valence-corrected chi connectivity index (χ1v) is 8.26. The molecule has 0 bridgehead atoms. The van der Waals surface area contributed by atoms with Crippen molar-refractivity contribution in [3.05, 3.63) is 78.0 Å². The van der Waals surface area contributed by atoms with E-state index < -0.39 is 0 Å². The Kier molecular flexibility index (Phi) is 3.89. The fraction of sp³-hybridized carbons (Fsp3) is 0.0476. The lowest BCUT2D eigenvalue weighted by Crippen LogP contribution is -2.12. The van der Waals surface area contributed by atoms with Gasteiger partial charge in [0.1, 0.15) is 11.4 Å². The molecule has 26 heavy (non-hydrogen) atoms. The molecule has 5 heteroatoms. The Labute approximate surface area is 150 Å². The standard InChI is InChI=1S/C21H17N3O2/c1-13-5-4-8-17(20(13)25)18-12-19(24-23-18)21(26)22-16-10-9-14-6-2-3-7-15(14)11-16/h2-12,25H,1H3,(H,22,26)(H,23,24). The summed E-state index contributed by atoms with van der Waals surface area (Å²) < 4.78 is 0. The molecule has 3 N–H and O–H groups in total. The molecule has 0 aliphatic carbocycles. The highest BCUT2D eigenvalue weighted by atomic mass is 16.3. The number of benzene rings is 3. The maximum atomic E-state index is 12.5. The van der Waals surface area contributed by atoms with E-state index in [0.717, 1.165) is 16.3 Å². The molecule has 1 aromatic heterocycles. The molecule has 1 amide bonds. The Bertz CT molecular complexity index is 1120. The third-order valence-electron chi connectivity index (χ3n) is 4.34. The summed E-state index contributed by atoms with van der Waals surface area (Å²) in [6.07, 6.45) is 0. The Morgan fingerprint density at radius 2 is 1.81 bits per heavy atom. The van der Waals surface area contributed by atoms with E-state index in [9.17, 15) is 9.90 Å². The number of H-pyrrole nitrogens is 1. The highest BCUT2D eigenvalue weighted by Crippen LogP contribution is 2.30. The summed E-state index contributed by atoms with van der Waals surface area (Å²) in [5, 5.41) is 22.1.